The highest BCUT2D eigenvalue weighted by atomic mass is 35.5. The van der Waals surface area contributed by atoms with Crippen LogP contribution < -0.4 is 24.8 Å². The minimum Gasteiger partial charge on any atom is -0.495 e. The number of aromatic nitrogens is 2. The Bertz CT molecular complexity index is 2140. The molecule has 1 saturated heterocycles. The van der Waals surface area contributed by atoms with E-state index in [9.17, 15) is 28.1 Å². The van der Waals surface area contributed by atoms with Gasteiger partial charge in [-0.3, -0.25) is 9.59 Å². The first-order valence-corrected chi connectivity index (χ1v) is 21.0. The molecule has 55 heavy (non-hydrogen) atoms. The molecule has 6 rings (SSSR count). The smallest absolute Gasteiger partial charge is 0.317 e. The molecular formula is C37H45ClN8O7S2. The lowest BCUT2D eigenvalue weighted by Crippen LogP contribution is -2.59. The molecule has 18 heteroatoms. The van der Waals surface area contributed by atoms with E-state index in [1.54, 1.807) is 25.2 Å². The summed E-state index contributed by atoms with van der Waals surface area (Å²) in [5.41, 5.74) is 0.301. The molecule has 4 atom stereocenters. The maximum absolute atomic E-state index is 14.1. The number of halogens is 1. The van der Waals surface area contributed by atoms with Gasteiger partial charge < -0.3 is 25.0 Å². The van der Waals surface area contributed by atoms with Crippen molar-refractivity contribution in [2.75, 3.05) is 33.9 Å². The van der Waals surface area contributed by atoms with Crippen LogP contribution in [-0.4, -0.2) is 96.9 Å². The summed E-state index contributed by atoms with van der Waals surface area (Å²) in [7, 11) is -1.22. The van der Waals surface area contributed by atoms with E-state index in [0.717, 1.165) is 16.4 Å². The molecule has 0 bridgehead atoms. The number of thiazole rings is 1. The zero-order valence-corrected chi connectivity index (χ0v) is 33.5. The van der Waals surface area contributed by atoms with Gasteiger partial charge in [-0.2, -0.15) is 18.0 Å². The zero-order valence-electron chi connectivity index (χ0n) is 31.1. The Morgan fingerprint density at radius 2 is 2.00 bits per heavy atom. The molecule has 3 aliphatic rings. The van der Waals surface area contributed by atoms with Gasteiger partial charge >= 0.3 is 16.2 Å². The maximum atomic E-state index is 14.1. The second kappa shape index (κ2) is 16.7. The normalized spacial score (nSPS) is 24.3. The van der Waals surface area contributed by atoms with E-state index in [2.05, 4.69) is 29.2 Å². The number of nitrogens with zero attached hydrogens (tertiary/aromatic N) is 5. The van der Waals surface area contributed by atoms with E-state index in [1.807, 2.05) is 23.6 Å². The minimum atomic E-state index is -4.37. The van der Waals surface area contributed by atoms with E-state index >= 15 is 0 Å². The Hall–Kier alpha value is -4.50. The molecule has 0 radical (unpaired) electrons. The summed E-state index contributed by atoms with van der Waals surface area (Å²) in [4.78, 5) is 52.3. The summed E-state index contributed by atoms with van der Waals surface area (Å²) >= 11 is 8.18. The molecule has 1 saturated carbocycles. The molecule has 2 aromatic heterocycles. The number of pyridine rings is 1. The van der Waals surface area contributed by atoms with Crippen molar-refractivity contribution < 1.29 is 32.3 Å². The molecule has 2 aliphatic heterocycles. The van der Waals surface area contributed by atoms with Crippen molar-refractivity contribution in [2.45, 2.75) is 82.3 Å². The SMILES string of the molecule is COc1ccc2c(OCC[C@@H]3NC(=O)N(C)CCCC/C=C\[C@@H]4C[C@@]4(C(=O)NS(=O)(=O)N4CCC[C@H]4C#N)NC3=O)cc(-c3nc(C(C)C)cs3)nc2c1Cl. The number of nitrogens with one attached hydrogen (secondary N) is 3. The van der Waals surface area contributed by atoms with E-state index in [0.29, 0.717) is 70.4 Å². The standard InChI is InChI=1S/C37H45ClN8O7S2/c1-22(2)28-21-54-34(41-28)27-18-30(25-12-13-29(52-4)31(38)32(25)40-27)53-17-14-26-33(47)43-37(35(48)44-55(50,51)46-16-9-11-24(46)20-39)19-23(37)10-7-5-6-8-15-45(3)36(49)42-26/h7,10,12-13,18,21-24,26H,5-6,8-9,11,14-17,19H2,1-4H3,(H,42,49)(H,43,47)(H,44,48)/b10-7-/t23-,24+,26+,37-/m1/s1. The van der Waals surface area contributed by atoms with Crippen LogP contribution in [0.25, 0.3) is 21.6 Å². The fourth-order valence-corrected chi connectivity index (χ4v) is 9.38. The van der Waals surface area contributed by atoms with Crippen molar-refractivity contribution >= 4 is 61.9 Å². The fourth-order valence-electron chi connectivity index (χ4n) is 6.76. The number of carbonyl (C=O) groups is 3. The van der Waals surface area contributed by atoms with Crippen LogP contribution in [0.3, 0.4) is 0 Å². The predicted molar refractivity (Wildman–Crippen MR) is 208 cm³/mol. The number of amides is 4. The number of urea groups is 1. The number of fused-ring (bicyclic) bond motifs is 2. The highest BCUT2D eigenvalue weighted by Crippen LogP contribution is 2.46. The zero-order chi connectivity index (χ0) is 39.5. The number of hydrogen-bond donors (Lipinski definition) is 3. The van der Waals surface area contributed by atoms with Gasteiger partial charge in [0.2, 0.25) is 5.91 Å². The molecule has 3 N–H and O–H groups in total. The molecule has 1 aliphatic carbocycles. The van der Waals surface area contributed by atoms with Gasteiger partial charge in [0, 0.05) is 49.3 Å². The molecule has 2 fully saturated rings. The van der Waals surface area contributed by atoms with Gasteiger partial charge in [-0.15, -0.1) is 11.3 Å². The lowest BCUT2D eigenvalue weighted by Gasteiger charge is -2.27. The van der Waals surface area contributed by atoms with Crippen LogP contribution >= 0.6 is 22.9 Å². The monoisotopic (exact) mass is 812 g/mol. The maximum Gasteiger partial charge on any atom is 0.317 e. The summed E-state index contributed by atoms with van der Waals surface area (Å²) in [6, 6.07) is 4.66. The van der Waals surface area contributed by atoms with Crippen LogP contribution in [0.15, 0.2) is 35.7 Å². The second-order valence-electron chi connectivity index (χ2n) is 14.3. The minimum absolute atomic E-state index is 0.0165. The van der Waals surface area contributed by atoms with Gasteiger partial charge in [0.1, 0.15) is 44.8 Å². The number of methoxy groups -OCH3 is 1. The van der Waals surface area contributed by atoms with Crippen LogP contribution in [-0.2, 0) is 19.8 Å². The van der Waals surface area contributed by atoms with E-state index in [-0.39, 0.29) is 31.9 Å². The molecule has 3 aromatic rings. The second-order valence-corrected chi connectivity index (χ2v) is 17.2. The molecule has 4 amide bonds. The Kier molecular flexibility index (Phi) is 12.2. The highest BCUT2D eigenvalue weighted by molar-refractivity contribution is 7.87. The van der Waals surface area contributed by atoms with E-state index in [1.165, 1.54) is 23.3 Å². The topological polar surface area (TPSA) is 196 Å². The van der Waals surface area contributed by atoms with Crippen LogP contribution in [0.1, 0.15) is 70.4 Å². The van der Waals surface area contributed by atoms with Gasteiger partial charge in [0.25, 0.3) is 5.91 Å². The Morgan fingerprint density at radius 3 is 2.73 bits per heavy atom. The van der Waals surface area contributed by atoms with Gasteiger partial charge in [0.15, 0.2) is 0 Å². The lowest BCUT2D eigenvalue weighted by molar-refractivity contribution is -0.130. The first kappa shape index (κ1) is 40.2. The lowest BCUT2D eigenvalue weighted by atomic mass is 10.1. The number of hydrogen-bond acceptors (Lipinski definition) is 11. The van der Waals surface area contributed by atoms with Crippen molar-refractivity contribution in [1.82, 2.24) is 34.5 Å². The van der Waals surface area contributed by atoms with Crippen molar-refractivity contribution in [2.24, 2.45) is 5.92 Å². The van der Waals surface area contributed by atoms with Crippen molar-refractivity contribution in [1.29, 1.82) is 5.26 Å². The van der Waals surface area contributed by atoms with Gasteiger partial charge in [-0.05, 0) is 56.6 Å². The number of benzene rings is 1. The average molecular weight is 813 g/mol. The Labute approximate surface area is 329 Å². The number of allylic oxidation sites excluding steroid dienone is 1. The molecule has 15 nitrogen and oxygen atoms in total. The van der Waals surface area contributed by atoms with Gasteiger partial charge in [-0.1, -0.05) is 37.6 Å². The highest BCUT2D eigenvalue weighted by Gasteiger charge is 2.61. The third-order valence-corrected chi connectivity index (χ3v) is 12.9. The van der Waals surface area contributed by atoms with Gasteiger partial charge in [0.05, 0.1) is 31.0 Å². The van der Waals surface area contributed by atoms with Crippen LogP contribution in [0.2, 0.25) is 5.02 Å². The molecule has 1 aromatic carbocycles. The largest absolute Gasteiger partial charge is 0.495 e. The molecule has 0 spiro atoms. The molecule has 4 heterocycles. The Morgan fingerprint density at radius 1 is 1.20 bits per heavy atom. The number of carbonyl (C=O) groups excluding carboxylic acids is 3. The average Bonchev–Trinajstić information content (AvgIpc) is 3.48. The van der Waals surface area contributed by atoms with Crippen molar-refractivity contribution in [3.8, 4) is 28.3 Å². The third-order valence-electron chi connectivity index (χ3n) is 10.2. The first-order valence-electron chi connectivity index (χ1n) is 18.3. The quantitative estimate of drug-likeness (QED) is 0.237. The molecular weight excluding hydrogens is 768 g/mol. The number of rotatable bonds is 10. The van der Waals surface area contributed by atoms with Crippen LogP contribution in [0.5, 0.6) is 11.5 Å². The van der Waals surface area contributed by atoms with E-state index < -0.39 is 51.6 Å². The summed E-state index contributed by atoms with van der Waals surface area (Å²) in [6.45, 7) is 4.61. The van der Waals surface area contributed by atoms with Crippen molar-refractivity contribution in [3.05, 3.63) is 46.4 Å². The summed E-state index contributed by atoms with van der Waals surface area (Å²) < 4.78 is 41.4. The van der Waals surface area contributed by atoms with Crippen LogP contribution in [0, 0.1) is 17.2 Å². The van der Waals surface area contributed by atoms with Crippen molar-refractivity contribution in [3.63, 3.8) is 0 Å². The fraction of sp³-hybridized carbons (Fsp3) is 0.514. The summed E-state index contributed by atoms with van der Waals surface area (Å²) in [5.74, 6) is -1.02. The summed E-state index contributed by atoms with van der Waals surface area (Å²) in [5, 5.41) is 18.6. The number of ether oxygens (including phenoxy) is 2. The van der Waals surface area contributed by atoms with Crippen LogP contribution in [0.4, 0.5) is 4.79 Å². The Balaban J connectivity index is 1.27. The van der Waals surface area contributed by atoms with Gasteiger partial charge in [-0.25, -0.2) is 19.5 Å². The molecule has 294 valence electrons. The number of nitriles is 1. The van der Waals surface area contributed by atoms with E-state index in [4.69, 9.17) is 31.0 Å². The predicted octanol–water partition coefficient (Wildman–Crippen LogP) is 4.89. The molecule has 0 unspecified atom stereocenters. The first-order chi connectivity index (χ1) is 26.3. The third kappa shape index (κ3) is 8.67. The summed E-state index contributed by atoms with van der Waals surface area (Å²) in [6.07, 6.45) is 6.88.